The van der Waals surface area contributed by atoms with Crippen LogP contribution >= 0.6 is 15.9 Å². The number of hydrogen-bond acceptors (Lipinski definition) is 6. The second kappa shape index (κ2) is 6.35. The van der Waals surface area contributed by atoms with Crippen molar-refractivity contribution in [1.82, 2.24) is 30.3 Å². The highest BCUT2D eigenvalue weighted by atomic mass is 79.9. The molecular weight excluding hydrogens is 324 g/mol. The maximum atomic E-state index is 5.88. The molecule has 0 aliphatic rings. The van der Waals surface area contributed by atoms with Crippen molar-refractivity contribution in [2.45, 2.75) is 12.6 Å². The van der Waals surface area contributed by atoms with Gasteiger partial charge in [0.05, 0.1) is 35.1 Å². The first-order valence-electron chi connectivity index (χ1n) is 6.15. The Morgan fingerprint density at radius 2 is 2.25 bits per heavy atom. The lowest BCUT2D eigenvalue weighted by Crippen LogP contribution is -2.32. The maximum Gasteiger partial charge on any atom is 0.124 e. The van der Waals surface area contributed by atoms with E-state index in [1.807, 2.05) is 18.8 Å². The Balaban J connectivity index is 2.34. The van der Waals surface area contributed by atoms with Gasteiger partial charge in [-0.2, -0.15) is 10.2 Å². The van der Waals surface area contributed by atoms with E-state index >= 15 is 0 Å². The fourth-order valence-corrected chi connectivity index (χ4v) is 2.51. The smallest absolute Gasteiger partial charge is 0.124 e. The zero-order chi connectivity index (χ0) is 14.7. The van der Waals surface area contributed by atoms with Gasteiger partial charge in [-0.1, -0.05) is 0 Å². The third-order valence-corrected chi connectivity index (χ3v) is 3.65. The van der Waals surface area contributed by atoms with Crippen molar-refractivity contribution < 1.29 is 0 Å². The number of nitrogens with two attached hydrogens (primary N) is 2. The number of hydrazine groups is 1. The van der Waals surface area contributed by atoms with Gasteiger partial charge < -0.3 is 10.6 Å². The lowest BCUT2D eigenvalue weighted by atomic mass is 10.1. The Morgan fingerprint density at radius 1 is 1.50 bits per heavy atom. The van der Waals surface area contributed by atoms with Gasteiger partial charge in [-0.3, -0.25) is 15.6 Å². The second-order valence-corrected chi connectivity index (χ2v) is 5.60. The highest BCUT2D eigenvalue weighted by molar-refractivity contribution is 9.10. The van der Waals surface area contributed by atoms with Crippen LogP contribution in [0.2, 0.25) is 0 Å². The predicted octanol–water partition coefficient (Wildman–Crippen LogP) is 0.0652. The molecule has 0 saturated heterocycles. The molecule has 0 bridgehead atoms. The van der Waals surface area contributed by atoms with Crippen molar-refractivity contribution in [3.63, 3.8) is 0 Å². The number of likely N-dealkylation sites (N-methyl/N-ethyl adjacent to an activating group) is 1. The lowest BCUT2D eigenvalue weighted by Gasteiger charge is -2.19. The molecular formula is C11H19BrN8. The van der Waals surface area contributed by atoms with Gasteiger partial charge in [0.1, 0.15) is 5.82 Å². The molecule has 8 nitrogen and oxygen atoms in total. The molecule has 0 aromatic carbocycles. The highest BCUT2D eigenvalue weighted by Crippen LogP contribution is 2.30. The SMILES string of the molecule is CN(C)CCn1ncc(Br)c1C(NN)c1cn[nH]c1N. The number of rotatable bonds is 6. The van der Waals surface area contributed by atoms with Gasteiger partial charge in [0.15, 0.2) is 0 Å². The summed E-state index contributed by atoms with van der Waals surface area (Å²) in [5.74, 6) is 6.18. The van der Waals surface area contributed by atoms with Gasteiger partial charge in [-0.25, -0.2) is 5.43 Å². The van der Waals surface area contributed by atoms with E-state index in [4.69, 9.17) is 11.6 Å². The molecule has 1 unspecified atom stereocenters. The van der Waals surface area contributed by atoms with E-state index in [-0.39, 0.29) is 6.04 Å². The molecule has 20 heavy (non-hydrogen) atoms. The predicted molar refractivity (Wildman–Crippen MR) is 80.6 cm³/mol. The van der Waals surface area contributed by atoms with Gasteiger partial charge in [0, 0.05) is 12.1 Å². The minimum atomic E-state index is -0.284. The third-order valence-electron chi connectivity index (χ3n) is 3.04. The molecule has 2 aromatic rings. The lowest BCUT2D eigenvalue weighted by molar-refractivity contribution is 0.365. The largest absolute Gasteiger partial charge is 0.384 e. The molecule has 0 fully saturated rings. The summed E-state index contributed by atoms with van der Waals surface area (Å²) < 4.78 is 2.78. The number of H-pyrrole nitrogens is 1. The highest BCUT2D eigenvalue weighted by Gasteiger charge is 2.23. The van der Waals surface area contributed by atoms with Crippen molar-refractivity contribution in [2.24, 2.45) is 5.84 Å². The minimum absolute atomic E-state index is 0.284. The van der Waals surface area contributed by atoms with E-state index in [1.54, 1.807) is 12.4 Å². The zero-order valence-corrected chi connectivity index (χ0v) is 13.1. The molecule has 0 aliphatic heterocycles. The van der Waals surface area contributed by atoms with Crippen molar-refractivity contribution >= 4 is 21.7 Å². The molecule has 0 saturated carbocycles. The topological polar surface area (TPSA) is 114 Å². The van der Waals surface area contributed by atoms with Crippen LogP contribution in [-0.4, -0.2) is 45.5 Å². The number of halogens is 1. The molecule has 0 amide bonds. The van der Waals surface area contributed by atoms with Crippen LogP contribution < -0.4 is 17.0 Å². The van der Waals surface area contributed by atoms with Crippen LogP contribution in [0.15, 0.2) is 16.9 Å². The fourth-order valence-electron chi connectivity index (χ4n) is 1.98. The van der Waals surface area contributed by atoms with E-state index in [0.717, 1.165) is 28.8 Å². The molecule has 2 aromatic heterocycles. The van der Waals surface area contributed by atoms with Gasteiger partial charge in [-0.15, -0.1) is 0 Å². The average Bonchev–Trinajstić information content (AvgIpc) is 2.97. The summed E-state index contributed by atoms with van der Waals surface area (Å²) in [4.78, 5) is 2.09. The van der Waals surface area contributed by atoms with Crippen LogP contribution in [-0.2, 0) is 6.54 Å². The molecule has 2 heterocycles. The quantitative estimate of drug-likeness (QED) is 0.436. The first-order chi connectivity index (χ1) is 9.54. The molecule has 1 atom stereocenters. The fraction of sp³-hybridized carbons (Fsp3) is 0.455. The molecule has 0 radical (unpaired) electrons. The van der Waals surface area contributed by atoms with Crippen molar-refractivity contribution in [1.29, 1.82) is 0 Å². The van der Waals surface area contributed by atoms with Crippen molar-refractivity contribution in [3.8, 4) is 0 Å². The Kier molecular flexibility index (Phi) is 4.76. The zero-order valence-electron chi connectivity index (χ0n) is 11.5. The van der Waals surface area contributed by atoms with Crippen LogP contribution in [0, 0.1) is 0 Å². The molecule has 110 valence electrons. The van der Waals surface area contributed by atoms with Crippen LogP contribution in [0.25, 0.3) is 0 Å². The van der Waals surface area contributed by atoms with Crippen LogP contribution in [0.1, 0.15) is 17.3 Å². The summed E-state index contributed by atoms with van der Waals surface area (Å²) in [7, 11) is 4.04. The summed E-state index contributed by atoms with van der Waals surface area (Å²) >= 11 is 3.51. The van der Waals surface area contributed by atoms with E-state index in [9.17, 15) is 0 Å². The van der Waals surface area contributed by atoms with Crippen LogP contribution in [0.5, 0.6) is 0 Å². The summed E-state index contributed by atoms with van der Waals surface area (Å²) in [5.41, 5.74) is 10.4. The van der Waals surface area contributed by atoms with Crippen molar-refractivity contribution in [2.75, 3.05) is 26.4 Å². The minimum Gasteiger partial charge on any atom is -0.384 e. The van der Waals surface area contributed by atoms with E-state index in [0.29, 0.717) is 5.82 Å². The maximum absolute atomic E-state index is 5.88. The van der Waals surface area contributed by atoms with Crippen LogP contribution in [0.3, 0.4) is 0 Å². The van der Waals surface area contributed by atoms with Gasteiger partial charge in [-0.05, 0) is 30.0 Å². The number of nitrogens with one attached hydrogen (secondary N) is 2. The Hall–Kier alpha value is -1.42. The number of aromatic nitrogens is 4. The molecule has 0 aliphatic carbocycles. The number of nitrogen functional groups attached to an aromatic ring is 1. The summed E-state index contributed by atoms with van der Waals surface area (Å²) in [6, 6.07) is -0.284. The number of aromatic amines is 1. The van der Waals surface area contributed by atoms with E-state index in [1.165, 1.54) is 0 Å². The number of hydrogen-bond donors (Lipinski definition) is 4. The van der Waals surface area contributed by atoms with Gasteiger partial charge in [0.2, 0.25) is 0 Å². The van der Waals surface area contributed by atoms with Gasteiger partial charge in [0.25, 0.3) is 0 Å². The standard InChI is InChI=1S/C11H19BrN8/c1-19(2)3-4-20-10(8(12)6-16-20)9(17-14)7-5-15-18-11(7)13/h5-6,9,17H,3-4,14H2,1-2H3,(H3,13,15,18). The molecule has 0 spiro atoms. The molecule has 2 rings (SSSR count). The normalized spacial score (nSPS) is 13.1. The average molecular weight is 343 g/mol. The summed E-state index contributed by atoms with van der Waals surface area (Å²) in [6.07, 6.45) is 3.42. The number of anilines is 1. The van der Waals surface area contributed by atoms with E-state index < -0.39 is 0 Å². The molecule has 6 N–H and O–H groups in total. The summed E-state index contributed by atoms with van der Waals surface area (Å²) in [5, 5.41) is 11.0. The number of nitrogens with zero attached hydrogens (tertiary/aromatic N) is 4. The summed E-state index contributed by atoms with van der Waals surface area (Å²) in [6.45, 7) is 1.63. The van der Waals surface area contributed by atoms with Gasteiger partial charge >= 0.3 is 0 Å². The van der Waals surface area contributed by atoms with Crippen molar-refractivity contribution in [3.05, 3.63) is 28.1 Å². The Labute approximate surface area is 125 Å². The Bertz CT molecular complexity index is 561. The monoisotopic (exact) mass is 342 g/mol. The third kappa shape index (κ3) is 3.01. The Morgan fingerprint density at radius 3 is 2.80 bits per heavy atom. The first kappa shape index (κ1) is 15.0. The van der Waals surface area contributed by atoms with Crippen LogP contribution in [0.4, 0.5) is 5.82 Å². The van der Waals surface area contributed by atoms with E-state index in [2.05, 4.69) is 41.6 Å². The molecule has 9 heteroatoms. The second-order valence-electron chi connectivity index (χ2n) is 4.74. The first-order valence-corrected chi connectivity index (χ1v) is 6.94.